The molecule has 136 valence electrons. The van der Waals surface area contributed by atoms with Gasteiger partial charge in [-0.15, -0.1) is 0 Å². The van der Waals surface area contributed by atoms with Gasteiger partial charge in [-0.3, -0.25) is 14.4 Å². The molecular formula is C17H26N6O2. The first kappa shape index (κ1) is 17.5. The zero-order valence-corrected chi connectivity index (χ0v) is 15.5. The number of nitrogens with zero attached hydrogens (tertiary/aromatic N) is 5. The second kappa shape index (κ2) is 6.87. The molecule has 8 heteroatoms. The maximum Gasteiger partial charge on any atom is 0.239 e. The predicted molar refractivity (Wildman–Crippen MR) is 94.6 cm³/mol. The number of hydrogen-bond acceptors (Lipinski definition) is 5. The summed E-state index contributed by atoms with van der Waals surface area (Å²) in [7, 11) is 5.37. The maximum absolute atomic E-state index is 12.5. The number of aryl methyl sites for hydroxylation is 4. The van der Waals surface area contributed by atoms with Crippen LogP contribution < -0.4 is 10.1 Å². The molecule has 0 bridgehead atoms. The molecule has 2 aromatic heterocycles. The van der Waals surface area contributed by atoms with Gasteiger partial charge in [-0.25, -0.2) is 4.68 Å². The van der Waals surface area contributed by atoms with Crippen LogP contribution in [0.25, 0.3) is 0 Å². The standard InChI is InChI=1S/C17H26N6O2/c1-11-9-14(21(3)19-11)18-15(24)10-23-8-6-7-13(23)16-12(2)20-22(4)17(16)25-5/h9,13H,6-8,10H2,1-5H3,(H,18,24)/t13-/m1/s1. The van der Waals surface area contributed by atoms with E-state index in [2.05, 4.69) is 20.4 Å². The molecule has 0 radical (unpaired) electrons. The Morgan fingerprint density at radius 2 is 2.08 bits per heavy atom. The van der Waals surface area contributed by atoms with Crippen LogP contribution in [-0.2, 0) is 18.9 Å². The molecule has 3 heterocycles. The van der Waals surface area contributed by atoms with Crippen molar-refractivity contribution in [1.82, 2.24) is 24.5 Å². The smallest absolute Gasteiger partial charge is 0.239 e. The van der Waals surface area contributed by atoms with Crippen LogP contribution >= 0.6 is 0 Å². The quantitative estimate of drug-likeness (QED) is 0.889. The molecule has 0 spiro atoms. The van der Waals surface area contributed by atoms with Gasteiger partial charge in [-0.2, -0.15) is 10.2 Å². The summed E-state index contributed by atoms with van der Waals surface area (Å²) in [5, 5.41) is 11.7. The van der Waals surface area contributed by atoms with Crippen molar-refractivity contribution in [3.05, 3.63) is 23.0 Å². The van der Waals surface area contributed by atoms with Crippen LogP contribution in [0, 0.1) is 13.8 Å². The number of ether oxygens (including phenoxy) is 1. The van der Waals surface area contributed by atoms with Crippen molar-refractivity contribution >= 4 is 11.7 Å². The largest absolute Gasteiger partial charge is 0.481 e. The van der Waals surface area contributed by atoms with E-state index in [9.17, 15) is 4.79 Å². The maximum atomic E-state index is 12.5. The fourth-order valence-electron chi connectivity index (χ4n) is 3.72. The highest BCUT2D eigenvalue weighted by atomic mass is 16.5. The van der Waals surface area contributed by atoms with Crippen LogP contribution in [0.1, 0.15) is 35.8 Å². The molecule has 1 N–H and O–H groups in total. The van der Waals surface area contributed by atoms with Gasteiger partial charge in [0.15, 0.2) is 0 Å². The summed E-state index contributed by atoms with van der Waals surface area (Å²) in [4.78, 5) is 14.7. The minimum atomic E-state index is -0.0320. The minimum absolute atomic E-state index is 0.0320. The Morgan fingerprint density at radius 3 is 2.72 bits per heavy atom. The zero-order chi connectivity index (χ0) is 18.1. The van der Waals surface area contributed by atoms with Crippen molar-refractivity contribution in [2.75, 3.05) is 25.5 Å². The molecule has 0 aliphatic carbocycles. The van der Waals surface area contributed by atoms with Gasteiger partial charge >= 0.3 is 0 Å². The lowest BCUT2D eigenvalue weighted by Gasteiger charge is -2.24. The Kier molecular flexibility index (Phi) is 4.80. The van der Waals surface area contributed by atoms with Gasteiger partial charge in [0, 0.05) is 26.2 Å². The first-order chi connectivity index (χ1) is 11.9. The molecule has 25 heavy (non-hydrogen) atoms. The van der Waals surface area contributed by atoms with E-state index in [1.54, 1.807) is 16.5 Å². The molecule has 3 rings (SSSR count). The molecule has 1 amide bonds. The Labute approximate surface area is 147 Å². The van der Waals surface area contributed by atoms with E-state index in [-0.39, 0.29) is 11.9 Å². The van der Waals surface area contributed by atoms with Gasteiger partial charge in [-0.1, -0.05) is 0 Å². The van der Waals surface area contributed by atoms with Crippen LogP contribution in [0.15, 0.2) is 6.07 Å². The van der Waals surface area contributed by atoms with Crippen molar-refractivity contribution < 1.29 is 9.53 Å². The number of hydrogen-bond donors (Lipinski definition) is 1. The molecule has 0 unspecified atom stereocenters. The first-order valence-corrected chi connectivity index (χ1v) is 8.52. The summed E-state index contributed by atoms with van der Waals surface area (Å²) < 4.78 is 8.99. The molecule has 8 nitrogen and oxygen atoms in total. The van der Waals surface area contributed by atoms with E-state index in [0.717, 1.165) is 42.2 Å². The average molecular weight is 346 g/mol. The van der Waals surface area contributed by atoms with Crippen LogP contribution in [0.2, 0.25) is 0 Å². The average Bonchev–Trinajstić information content (AvgIpc) is 3.17. The lowest BCUT2D eigenvalue weighted by molar-refractivity contribution is -0.117. The second-order valence-corrected chi connectivity index (χ2v) is 6.60. The van der Waals surface area contributed by atoms with Gasteiger partial charge in [-0.05, 0) is 33.2 Å². The van der Waals surface area contributed by atoms with E-state index in [4.69, 9.17) is 4.74 Å². The zero-order valence-electron chi connectivity index (χ0n) is 15.5. The van der Waals surface area contributed by atoms with E-state index in [1.165, 1.54) is 0 Å². The Balaban J connectivity index is 1.74. The second-order valence-electron chi connectivity index (χ2n) is 6.60. The Bertz CT molecular complexity index is 778. The molecule has 1 aliphatic rings. The number of methoxy groups -OCH3 is 1. The molecule has 1 saturated heterocycles. The highest BCUT2D eigenvalue weighted by Gasteiger charge is 2.33. The number of likely N-dealkylation sites (tertiary alicyclic amines) is 1. The highest BCUT2D eigenvalue weighted by molar-refractivity contribution is 5.91. The SMILES string of the molecule is COc1c([C@H]2CCCN2CC(=O)Nc2cc(C)nn2C)c(C)nn1C. The number of carbonyl (C=O) groups excluding carboxylic acids is 1. The van der Waals surface area contributed by atoms with Gasteiger partial charge in [0.05, 0.1) is 30.6 Å². The normalized spacial score (nSPS) is 17.9. The van der Waals surface area contributed by atoms with E-state index in [1.807, 2.05) is 34.0 Å². The molecular weight excluding hydrogens is 320 g/mol. The molecule has 1 fully saturated rings. The van der Waals surface area contributed by atoms with Crippen molar-refractivity contribution in [1.29, 1.82) is 0 Å². The van der Waals surface area contributed by atoms with Crippen LogP contribution in [0.3, 0.4) is 0 Å². The lowest BCUT2D eigenvalue weighted by Crippen LogP contribution is -2.33. The molecule has 1 aliphatic heterocycles. The molecule has 0 aromatic carbocycles. The minimum Gasteiger partial charge on any atom is -0.481 e. The van der Waals surface area contributed by atoms with E-state index in [0.29, 0.717) is 12.4 Å². The summed E-state index contributed by atoms with van der Waals surface area (Å²) in [5.41, 5.74) is 2.93. The molecule has 1 atom stereocenters. The van der Waals surface area contributed by atoms with Crippen LogP contribution in [0.5, 0.6) is 5.88 Å². The summed E-state index contributed by atoms with van der Waals surface area (Å²) in [6.07, 6.45) is 2.06. The number of rotatable bonds is 5. The van der Waals surface area contributed by atoms with Gasteiger partial charge in [0.25, 0.3) is 0 Å². The number of anilines is 1. The topological polar surface area (TPSA) is 77.2 Å². The van der Waals surface area contributed by atoms with Crippen molar-refractivity contribution in [2.24, 2.45) is 14.1 Å². The summed E-state index contributed by atoms with van der Waals surface area (Å²) in [6, 6.07) is 2.02. The van der Waals surface area contributed by atoms with Crippen molar-refractivity contribution in [3.8, 4) is 5.88 Å². The van der Waals surface area contributed by atoms with Crippen LogP contribution in [0.4, 0.5) is 5.82 Å². The number of amides is 1. The Morgan fingerprint density at radius 1 is 1.32 bits per heavy atom. The lowest BCUT2D eigenvalue weighted by atomic mass is 10.1. The third-order valence-corrected chi connectivity index (χ3v) is 4.72. The van der Waals surface area contributed by atoms with Crippen molar-refractivity contribution in [2.45, 2.75) is 32.7 Å². The molecule has 2 aromatic rings. The predicted octanol–water partition coefficient (Wildman–Crippen LogP) is 1.55. The van der Waals surface area contributed by atoms with Gasteiger partial charge < -0.3 is 10.1 Å². The third kappa shape index (κ3) is 3.39. The van der Waals surface area contributed by atoms with Gasteiger partial charge in [0.1, 0.15) is 5.82 Å². The van der Waals surface area contributed by atoms with Crippen LogP contribution in [-0.4, -0.2) is 50.6 Å². The van der Waals surface area contributed by atoms with E-state index < -0.39 is 0 Å². The summed E-state index contributed by atoms with van der Waals surface area (Å²) in [5.74, 6) is 1.46. The van der Waals surface area contributed by atoms with E-state index >= 15 is 0 Å². The Hall–Kier alpha value is -2.35. The van der Waals surface area contributed by atoms with Crippen molar-refractivity contribution in [3.63, 3.8) is 0 Å². The highest BCUT2D eigenvalue weighted by Crippen LogP contribution is 2.38. The number of aromatic nitrogens is 4. The summed E-state index contributed by atoms with van der Waals surface area (Å²) in [6.45, 7) is 5.13. The fraction of sp³-hybridized carbons (Fsp3) is 0.588. The van der Waals surface area contributed by atoms with Gasteiger partial charge in [0.2, 0.25) is 11.8 Å². The number of nitrogens with one attached hydrogen (secondary N) is 1. The fourth-order valence-corrected chi connectivity index (χ4v) is 3.72. The number of carbonyl (C=O) groups is 1. The third-order valence-electron chi connectivity index (χ3n) is 4.72. The molecule has 0 saturated carbocycles. The summed E-state index contributed by atoms with van der Waals surface area (Å²) >= 11 is 0. The monoisotopic (exact) mass is 346 g/mol. The first-order valence-electron chi connectivity index (χ1n) is 8.52.